The lowest BCUT2D eigenvalue weighted by Crippen LogP contribution is -2.39. The third-order valence-electron chi connectivity index (χ3n) is 5.05. The van der Waals surface area contributed by atoms with Crippen molar-refractivity contribution in [1.29, 1.82) is 5.26 Å². The van der Waals surface area contributed by atoms with E-state index >= 15 is 0 Å². The first-order valence-corrected chi connectivity index (χ1v) is 9.32. The Bertz CT molecular complexity index is 1080. The number of esters is 1. The van der Waals surface area contributed by atoms with Gasteiger partial charge in [0.1, 0.15) is 5.56 Å². The predicted octanol–water partition coefficient (Wildman–Crippen LogP) is 3.05. The Morgan fingerprint density at radius 2 is 2.07 bits per heavy atom. The van der Waals surface area contributed by atoms with Crippen molar-refractivity contribution in [2.45, 2.75) is 19.9 Å². The largest absolute Gasteiger partial charge is 0.505 e. The van der Waals surface area contributed by atoms with E-state index in [9.17, 15) is 20.0 Å². The first kappa shape index (κ1) is 20.8. The molecule has 0 radical (unpaired) electrons. The van der Waals surface area contributed by atoms with Crippen molar-refractivity contribution in [3.05, 3.63) is 77.1 Å². The minimum atomic E-state index is -1.36. The van der Waals surface area contributed by atoms with Gasteiger partial charge in [-0.15, -0.1) is 0 Å². The number of hydrogen-bond acceptors (Lipinski definition) is 6. The summed E-state index contributed by atoms with van der Waals surface area (Å²) in [5.41, 5.74) is 1.10. The average molecular weight is 403 g/mol. The van der Waals surface area contributed by atoms with E-state index in [0.29, 0.717) is 5.56 Å². The van der Waals surface area contributed by atoms with Crippen LogP contribution in [0.5, 0.6) is 5.75 Å². The topological polar surface area (TPSA) is 112 Å². The smallest absolute Gasteiger partial charge is 0.342 e. The molecule has 1 aliphatic carbocycles. The molecule has 7 nitrogen and oxygen atoms in total. The fourth-order valence-electron chi connectivity index (χ4n) is 3.22. The molecular weight excluding hydrogens is 382 g/mol. The number of aromatic nitrogens is 1. The highest BCUT2D eigenvalue weighted by Crippen LogP contribution is 2.33. The maximum absolute atomic E-state index is 12.9. The van der Waals surface area contributed by atoms with E-state index in [1.54, 1.807) is 19.1 Å². The van der Waals surface area contributed by atoms with Gasteiger partial charge in [-0.2, -0.15) is 5.26 Å². The van der Waals surface area contributed by atoms with Crippen LogP contribution in [0.15, 0.2) is 54.8 Å². The molecule has 7 heteroatoms. The Morgan fingerprint density at radius 3 is 2.67 bits per heavy atom. The summed E-state index contributed by atoms with van der Waals surface area (Å²) in [5.74, 6) is -1.53. The third-order valence-corrected chi connectivity index (χ3v) is 5.05. The zero-order valence-electron chi connectivity index (χ0n) is 16.7. The first-order chi connectivity index (χ1) is 14.4. The van der Waals surface area contributed by atoms with Crippen molar-refractivity contribution in [1.82, 2.24) is 10.3 Å². The van der Waals surface area contributed by atoms with E-state index < -0.39 is 17.3 Å². The molecule has 1 aromatic carbocycles. The van der Waals surface area contributed by atoms with Crippen LogP contribution in [0, 0.1) is 23.7 Å². The summed E-state index contributed by atoms with van der Waals surface area (Å²) in [6.45, 7) is 1.47. The molecule has 0 spiro atoms. The van der Waals surface area contributed by atoms with Crippen molar-refractivity contribution in [3.8, 4) is 11.8 Å². The van der Waals surface area contributed by atoms with Crippen LogP contribution in [-0.4, -0.2) is 29.1 Å². The molecule has 152 valence electrons. The minimum Gasteiger partial charge on any atom is -0.505 e. The predicted molar refractivity (Wildman–Crippen MR) is 110 cm³/mol. The Kier molecular flexibility index (Phi) is 5.98. The molecule has 1 heterocycles. The third kappa shape index (κ3) is 3.94. The highest BCUT2D eigenvalue weighted by molar-refractivity contribution is 5.95. The second-order valence-corrected chi connectivity index (χ2v) is 6.91. The summed E-state index contributed by atoms with van der Waals surface area (Å²) in [7, 11) is 1.20. The second kappa shape index (κ2) is 8.62. The zero-order chi connectivity index (χ0) is 21.7. The maximum Gasteiger partial charge on any atom is 0.342 e. The summed E-state index contributed by atoms with van der Waals surface area (Å²) >= 11 is 0. The number of nitriles is 1. The van der Waals surface area contributed by atoms with Crippen LogP contribution in [0.3, 0.4) is 0 Å². The highest BCUT2D eigenvalue weighted by atomic mass is 16.5. The quantitative estimate of drug-likeness (QED) is 0.742. The second-order valence-electron chi connectivity index (χ2n) is 6.91. The summed E-state index contributed by atoms with van der Waals surface area (Å²) in [5, 5.41) is 22.6. The van der Waals surface area contributed by atoms with E-state index in [1.165, 1.54) is 13.3 Å². The average Bonchev–Trinajstić information content (AvgIpc) is 2.79. The van der Waals surface area contributed by atoms with Crippen LogP contribution in [0.1, 0.15) is 33.6 Å². The van der Waals surface area contributed by atoms with Crippen molar-refractivity contribution in [2.24, 2.45) is 5.41 Å². The van der Waals surface area contributed by atoms with Crippen molar-refractivity contribution < 1.29 is 19.4 Å². The van der Waals surface area contributed by atoms with Gasteiger partial charge in [-0.1, -0.05) is 48.6 Å². The number of carbonyl (C=O) groups is 2. The first-order valence-electron chi connectivity index (χ1n) is 9.32. The van der Waals surface area contributed by atoms with Crippen molar-refractivity contribution >= 4 is 17.4 Å². The van der Waals surface area contributed by atoms with Gasteiger partial charge >= 0.3 is 5.97 Å². The molecule has 1 amide bonds. The molecule has 1 aromatic heterocycles. The Hall–Kier alpha value is -3.92. The maximum atomic E-state index is 12.9. The van der Waals surface area contributed by atoms with Gasteiger partial charge in [-0.25, -0.2) is 4.79 Å². The summed E-state index contributed by atoms with van der Waals surface area (Å²) in [6.07, 6.45) is 6.83. The number of aromatic hydroxyl groups is 1. The van der Waals surface area contributed by atoms with E-state index in [1.807, 2.05) is 36.4 Å². The molecule has 0 aliphatic heterocycles. The summed E-state index contributed by atoms with van der Waals surface area (Å²) < 4.78 is 4.72. The number of ether oxygens (including phenoxy) is 1. The Labute approximate surface area is 174 Å². The molecule has 1 aliphatic rings. The molecule has 2 aromatic rings. The van der Waals surface area contributed by atoms with E-state index in [-0.39, 0.29) is 30.0 Å². The number of amides is 1. The fraction of sp³-hybridized carbons (Fsp3) is 0.217. The number of aryl methyl sites for hydroxylation is 1. The molecule has 1 atom stereocenters. The zero-order valence-corrected chi connectivity index (χ0v) is 16.7. The molecule has 30 heavy (non-hydrogen) atoms. The SMILES string of the molecule is COC(=O)c1c(CNC(=O)C2(C#N)C=CC(c3ccccc3)=CC2)cnc(C)c1O. The van der Waals surface area contributed by atoms with Crippen LogP contribution in [0.4, 0.5) is 0 Å². The van der Waals surface area contributed by atoms with Gasteiger partial charge < -0.3 is 15.2 Å². The number of benzene rings is 1. The molecule has 0 saturated heterocycles. The van der Waals surface area contributed by atoms with Gasteiger partial charge in [0.25, 0.3) is 0 Å². The van der Waals surface area contributed by atoms with E-state index in [0.717, 1.165) is 11.1 Å². The van der Waals surface area contributed by atoms with E-state index in [4.69, 9.17) is 4.74 Å². The number of nitrogens with one attached hydrogen (secondary N) is 1. The number of methoxy groups -OCH3 is 1. The summed E-state index contributed by atoms with van der Waals surface area (Å²) in [4.78, 5) is 28.9. The number of carbonyl (C=O) groups excluding carboxylic acids is 2. The molecule has 0 saturated carbocycles. The number of nitrogens with zero attached hydrogens (tertiary/aromatic N) is 2. The standard InChI is InChI=1S/C23H21N3O4/c1-15-20(27)19(21(28)30-2)18(12-25-15)13-26-22(29)23(14-24)10-8-17(9-11-23)16-6-4-3-5-7-16/h3-10,12,27H,11,13H2,1-2H3,(H,26,29). The lowest BCUT2D eigenvalue weighted by molar-refractivity contribution is -0.126. The number of allylic oxidation sites excluding steroid dienone is 3. The number of rotatable bonds is 5. The van der Waals surface area contributed by atoms with Crippen molar-refractivity contribution in [3.63, 3.8) is 0 Å². The van der Waals surface area contributed by atoms with Crippen LogP contribution in [-0.2, 0) is 16.1 Å². The van der Waals surface area contributed by atoms with Gasteiger partial charge in [0.05, 0.1) is 18.9 Å². The van der Waals surface area contributed by atoms with Gasteiger partial charge in [0.2, 0.25) is 5.91 Å². The van der Waals surface area contributed by atoms with Gasteiger partial charge in [-0.05, 0) is 24.5 Å². The van der Waals surface area contributed by atoms with E-state index in [2.05, 4.69) is 16.4 Å². The van der Waals surface area contributed by atoms with Crippen molar-refractivity contribution in [2.75, 3.05) is 7.11 Å². The highest BCUT2D eigenvalue weighted by Gasteiger charge is 2.37. The monoisotopic (exact) mass is 403 g/mol. The van der Waals surface area contributed by atoms with Crippen LogP contribution >= 0.6 is 0 Å². The fourth-order valence-corrected chi connectivity index (χ4v) is 3.22. The van der Waals surface area contributed by atoms with Crippen LogP contribution < -0.4 is 5.32 Å². The Morgan fingerprint density at radius 1 is 1.33 bits per heavy atom. The molecule has 0 bridgehead atoms. The molecule has 3 rings (SSSR count). The number of hydrogen-bond donors (Lipinski definition) is 2. The normalized spacial score (nSPS) is 17.6. The number of pyridine rings is 1. The van der Waals surface area contributed by atoms with Crippen LogP contribution in [0.2, 0.25) is 0 Å². The minimum absolute atomic E-state index is 0.0539. The van der Waals surface area contributed by atoms with Gasteiger partial charge in [0, 0.05) is 18.3 Å². The molecular formula is C23H21N3O4. The molecule has 2 N–H and O–H groups in total. The lowest BCUT2D eigenvalue weighted by Gasteiger charge is -2.24. The Balaban J connectivity index is 1.78. The molecule has 0 fully saturated rings. The molecule has 1 unspecified atom stereocenters. The van der Waals surface area contributed by atoms with Gasteiger partial charge in [0.15, 0.2) is 11.2 Å². The lowest BCUT2D eigenvalue weighted by atomic mass is 9.79. The van der Waals surface area contributed by atoms with Crippen LogP contribution in [0.25, 0.3) is 5.57 Å². The summed E-state index contributed by atoms with van der Waals surface area (Å²) in [6, 6.07) is 11.8. The van der Waals surface area contributed by atoms with Gasteiger partial charge in [-0.3, -0.25) is 9.78 Å².